The molecular weight excluding hydrogens is 236 g/mol. The molecule has 0 amide bonds. The highest BCUT2D eigenvalue weighted by atomic mass is 35.5. The van der Waals surface area contributed by atoms with Gasteiger partial charge in [-0.15, -0.1) is 11.6 Å². The monoisotopic (exact) mass is 254 g/mol. The lowest BCUT2D eigenvalue weighted by molar-refractivity contribution is -0.142. The van der Waals surface area contributed by atoms with Crippen LogP contribution in [0.5, 0.6) is 0 Å². The summed E-state index contributed by atoms with van der Waals surface area (Å²) in [5.41, 5.74) is 2.05. The van der Waals surface area contributed by atoms with Gasteiger partial charge < -0.3 is 4.74 Å². The molecule has 0 radical (unpaired) electrons. The van der Waals surface area contributed by atoms with Gasteiger partial charge in [0, 0.05) is 0 Å². The van der Waals surface area contributed by atoms with E-state index in [0.29, 0.717) is 12.5 Å². The number of rotatable bonds is 5. The van der Waals surface area contributed by atoms with Crippen LogP contribution in [0.4, 0.5) is 0 Å². The number of hydrogen-bond acceptors (Lipinski definition) is 2. The van der Waals surface area contributed by atoms with Crippen molar-refractivity contribution in [3.05, 3.63) is 35.4 Å². The Hall–Kier alpha value is -1.02. The smallest absolute Gasteiger partial charge is 0.328 e. The van der Waals surface area contributed by atoms with Crippen LogP contribution in [0.25, 0.3) is 0 Å². The number of halogens is 1. The number of ether oxygens (including phenoxy) is 1. The van der Waals surface area contributed by atoms with E-state index < -0.39 is 5.38 Å². The molecule has 3 heteroatoms. The summed E-state index contributed by atoms with van der Waals surface area (Å²) in [5.74, 6) is 0.239. The number of carbonyl (C=O) groups is 1. The number of esters is 1. The van der Waals surface area contributed by atoms with Crippen LogP contribution in [0, 0.1) is 5.92 Å². The topological polar surface area (TPSA) is 26.3 Å². The Kier molecular flexibility index (Phi) is 5.49. The third-order valence-corrected chi connectivity index (χ3v) is 2.84. The first-order valence-corrected chi connectivity index (χ1v) is 6.37. The SMILES string of the molecule is CCOC(=O)C(Cl)c1ccc(CC(C)C)cc1. The van der Waals surface area contributed by atoms with Crippen LogP contribution in [-0.4, -0.2) is 12.6 Å². The first kappa shape index (κ1) is 14.0. The van der Waals surface area contributed by atoms with E-state index in [9.17, 15) is 4.79 Å². The van der Waals surface area contributed by atoms with Crippen LogP contribution in [0.3, 0.4) is 0 Å². The molecule has 0 aliphatic rings. The van der Waals surface area contributed by atoms with Gasteiger partial charge in [0.25, 0.3) is 0 Å². The van der Waals surface area contributed by atoms with Crippen molar-refractivity contribution in [3.8, 4) is 0 Å². The summed E-state index contributed by atoms with van der Waals surface area (Å²) in [7, 11) is 0. The Balaban J connectivity index is 2.70. The third-order valence-electron chi connectivity index (χ3n) is 2.41. The predicted octanol–water partition coefficient (Wildman–Crippen LogP) is 3.73. The van der Waals surface area contributed by atoms with Crippen LogP contribution in [0.1, 0.15) is 37.3 Å². The van der Waals surface area contributed by atoms with Gasteiger partial charge in [0.05, 0.1) is 6.61 Å². The van der Waals surface area contributed by atoms with E-state index in [1.165, 1.54) is 5.56 Å². The summed E-state index contributed by atoms with van der Waals surface area (Å²) in [4.78, 5) is 11.5. The molecule has 94 valence electrons. The number of carbonyl (C=O) groups excluding carboxylic acids is 1. The molecule has 0 saturated carbocycles. The van der Waals surface area contributed by atoms with Crippen molar-refractivity contribution in [1.29, 1.82) is 0 Å². The second-order valence-corrected chi connectivity index (χ2v) is 4.89. The van der Waals surface area contributed by atoms with Gasteiger partial charge in [-0.1, -0.05) is 38.1 Å². The van der Waals surface area contributed by atoms with E-state index in [2.05, 4.69) is 13.8 Å². The van der Waals surface area contributed by atoms with Crippen molar-refractivity contribution in [1.82, 2.24) is 0 Å². The van der Waals surface area contributed by atoms with Gasteiger partial charge in [-0.3, -0.25) is 4.79 Å². The Morgan fingerprint density at radius 2 is 1.88 bits per heavy atom. The highest BCUT2D eigenvalue weighted by molar-refractivity contribution is 6.29. The predicted molar refractivity (Wildman–Crippen MR) is 70.2 cm³/mol. The average Bonchev–Trinajstić information content (AvgIpc) is 2.28. The van der Waals surface area contributed by atoms with Crippen molar-refractivity contribution < 1.29 is 9.53 Å². The van der Waals surface area contributed by atoms with Crippen molar-refractivity contribution in [2.45, 2.75) is 32.6 Å². The Labute approximate surface area is 108 Å². The van der Waals surface area contributed by atoms with Crippen molar-refractivity contribution in [3.63, 3.8) is 0 Å². The Morgan fingerprint density at radius 3 is 2.35 bits per heavy atom. The summed E-state index contributed by atoms with van der Waals surface area (Å²) in [6.45, 7) is 6.48. The molecule has 0 heterocycles. The van der Waals surface area contributed by atoms with Crippen molar-refractivity contribution in [2.24, 2.45) is 5.92 Å². The van der Waals surface area contributed by atoms with Gasteiger partial charge in [0.2, 0.25) is 0 Å². The zero-order chi connectivity index (χ0) is 12.8. The van der Waals surface area contributed by atoms with Gasteiger partial charge in [-0.25, -0.2) is 0 Å². The number of alkyl halides is 1. The van der Waals surface area contributed by atoms with E-state index in [4.69, 9.17) is 16.3 Å². The molecule has 0 saturated heterocycles. The Bertz CT molecular complexity index is 357. The molecule has 1 atom stereocenters. The van der Waals surface area contributed by atoms with E-state index in [-0.39, 0.29) is 5.97 Å². The molecule has 1 aromatic carbocycles. The first-order valence-electron chi connectivity index (χ1n) is 5.94. The summed E-state index contributed by atoms with van der Waals surface area (Å²) in [6.07, 6.45) is 1.03. The maximum atomic E-state index is 11.5. The standard InChI is InChI=1S/C14H19ClO2/c1-4-17-14(16)13(15)12-7-5-11(6-8-12)9-10(2)3/h5-8,10,13H,4,9H2,1-3H3. The highest BCUT2D eigenvalue weighted by Crippen LogP contribution is 2.22. The maximum absolute atomic E-state index is 11.5. The first-order chi connectivity index (χ1) is 8.04. The van der Waals surface area contributed by atoms with Crippen LogP contribution >= 0.6 is 11.6 Å². The van der Waals surface area contributed by atoms with Crippen LogP contribution in [0.15, 0.2) is 24.3 Å². The molecular formula is C14H19ClO2. The van der Waals surface area contributed by atoms with Crippen molar-refractivity contribution >= 4 is 17.6 Å². The highest BCUT2D eigenvalue weighted by Gasteiger charge is 2.18. The fourth-order valence-corrected chi connectivity index (χ4v) is 1.85. The summed E-state index contributed by atoms with van der Waals surface area (Å²) in [5, 5.41) is -0.706. The molecule has 0 N–H and O–H groups in total. The normalized spacial score (nSPS) is 12.5. The lowest BCUT2D eigenvalue weighted by Gasteiger charge is -2.10. The minimum Gasteiger partial charge on any atom is -0.465 e. The molecule has 2 nitrogen and oxygen atoms in total. The van der Waals surface area contributed by atoms with E-state index in [1.807, 2.05) is 24.3 Å². The lowest BCUT2D eigenvalue weighted by Crippen LogP contribution is -2.11. The second-order valence-electron chi connectivity index (χ2n) is 4.45. The van der Waals surface area contributed by atoms with Gasteiger partial charge in [0.1, 0.15) is 0 Å². The Morgan fingerprint density at radius 1 is 1.29 bits per heavy atom. The molecule has 0 spiro atoms. The summed E-state index contributed by atoms with van der Waals surface area (Å²) < 4.78 is 4.88. The fourth-order valence-electron chi connectivity index (χ4n) is 1.65. The molecule has 0 aliphatic carbocycles. The van der Waals surface area contributed by atoms with E-state index in [1.54, 1.807) is 6.92 Å². The molecule has 17 heavy (non-hydrogen) atoms. The van der Waals surface area contributed by atoms with Gasteiger partial charge in [-0.05, 0) is 30.4 Å². The molecule has 1 unspecified atom stereocenters. The average molecular weight is 255 g/mol. The van der Waals surface area contributed by atoms with Crippen LogP contribution in [-0.2, 0) is 16.0 Å². The molecule has 0 bridgehead atoms. The van der Waals surface area contributed by atoms with E-state index in [0.717, 1.165) is 12.0 Å². The van der Waals surface area contributed by atoms with Gasteiger partial charge in [-0.2, -0.15) is 0 Å². The largest absolute Gasteiger partial charge is 0.465 e. The molecule has 0 aromatic heterocycles. The number of benzene rings is 1. The minimum atomic E-state index is -0.706. The van der Waals surface area contributed by atoms with Crippen LogP contribution < -0.4 is 0 Å². The molecule has 1 rings (SSSR count). The van der Waals surface area contributed by atoms with E-state index >= 15 is 0 Å². The minimum absolute atomic E-state index is 0.355. The molecule has 0 aliphatic heterocycles. The number of hydrogen-bond donors (Lipinski definition) is 0. The lowest BCUT2D eigenvalue weighted by atomic mass is 10.0. The molecule has 0 fully saturated rings. The quantitative estimate of drug-likeness (QED) is 0.591. The zero-order valence-corrected chi connectivity index (χ0v) is 11.3. The van der Waals surface area contributed by atoms with Gasteiger partial charge >= 0.3 is 5.97 Å². The third kappa shape index (κ3) is 4.39. The van der Waals surface area contributed by atoms with Crippen molar-refractivity contribution in [2.75, 3.05) is 6.61 Å². The fraction of sp³-hybridized carbons (Fsp3) is 0.500. The zero-order valence-electron chi connectivity index (χ0n) is 10.6. The second kappa shape index (κ2) is 6.65. The molecule has 1 aromatic rings. The van der Waals surface area contributed by atoms with Crippen LogP contribution in [0.2, 0.25) is 0 Å². The maximum Gasteiger partial charge on any atom is 0.328 e. The summed E-state index contributed by atoms with van der Waals surface area (Å²) in [6, 6.07) is 7.83. The summed E-state index contributed by atoms with van der Waals surface area (Å²) >= 11 is 6.02. The van der Waals surface area contributed by atoms with Gasteiger partial charge in [0.15, 0.2) is 5.38 Å².